The predicted molar refractivity (Wildman–Crippen MR) is 116 cm³/mol. The number of aromatic nitrogens is 2. The summed E-state index contributed by atoms with van der Waals surface area (Å²) in [5.41, 5.74) is 1.92. The SMILES string of the molecule is CCc1c(C(=O)N2CCC[C@@H](N(C)C(=O)OC(C)(C)C)C2)cnn1-c1ccccc1. The molecule has 1 aliphatic heterocycles. The molecule has 1 aromatic carbocycles. The van der Waals surface area contributed by atoms with Crippen LogP contribution < -0.4 is 0 Å². The molecule has 0 unspecified atom stereocenters. The summed E-state index contributed by atoms with van der Waals surface area (Å²) in [6, 6.07) is 9.77. The summed E-state index contributed by atoms with van der Waals surface area (Å²) in [5, 5.41) is 4.48. The topological polar surface area (TPSA) is 67.7 Å². The minimum absolute atomic E-state index is 0.0312. The first-order valence-electron chi connectivity index (χ1n) is 10.6. The van der Waals surface area contributed by atoms with Crippen LogP contribution in [0, 0.1) is 0 Å². The van der Waals surface area contributed by atoms with Gasteiger partial charge in [-0.3, -0.25) is 4.79 Å². The van der Waals surface area contributed by atoms with Gasteiger partial charge in [-0.25, -0.2) is 9.48 Å². The Labute approximate surface area is 178 Å². The Morgan fingerprint density at radius 2 is 1.93 bits per heavy atom. The number of likely N-dealkylation sites (tertiary alicyclic amines) is 1. The van der Waals surface area contributed by atoms with Crippen LogP contribution >= 0.6 is 0 Å². The summed E-state index contributed by atoms with van der Waals surface area (Å²) >= 11 is 0. The fourth-order valence-electron chi connectivity index (χ4n) is 3.79. The fraction of sp³-hybridized carbons (Fsp3) is 0.522. The lowest BCUT2D eigenvalue weighted by atomic mass is 10.0. The highest BCUT2D eigenvalue weighted by molar-refractivity contribution is 5.95. The van der Waals surface area contributed by atoms with Crippen LogP contribution in [0.2, 0.25) is 0 Å². The van der Waals surface area contributed by atoms with Crippen LogP contribution in [0.1, 0.15) is 56.6 Å². The average Bonchev–Trinajstić information content (AvgIpc) is 3.16. The van der Waals surface area contributed by atoms with E-state index in [2.05, 4.69) is 5.10 Å². The number of rotatable bonds is 4. The number of hydrogen-bond donors (Lipinski definition) is 0. The number of hydrogen-bond acceptors (Lipinski definition) is 4. The maximum absolute atomic E-state index is 13.3. The lowest BCUT2D eigenvalue weighted by Crippen LogP contribution is -2.51. The van der Waals surface area contributed by atoms with E-state index in [1.807, 2.05) is 67.6 Å². The molecule has 1 aromatic heterocycles. The predicted octanol–water partition coefficient (Wildman–Crippen LogP) is 3.91. The molecule has 2 heterocycles. The van der Waals surface area contributed by atoms with E-state index in [1.165, 1.54) is 0 Å². The highest BCUT2D eigenvalue weighted by atomic mass is 16.6. The number of carbonyl (C=O) groups excluding carboxylic acids is 2. The number of likely N-dealkylation sites (N-methyl/N-ethyl adjacent to an activating group) is 1. The van der Waals surface area contributed by atoms with Crippen molar-refractivity contribution in [2.75, 3.05) is 20.1 Å². The van der Waals surface area contributed by atoms with Crippen molar-refractivity contribution in [1.82, 2.24) is 19.6 Å². The largest absolute Gasteiger partial charge is 0.444 e. The molecule has 1 atom stereocenters. The zero-order valence-corrected chi connectivity index (χ0v) is 18.6. The molecule has 162 valence electrons. The third-order valence-corrected chi connectivity index (χ3v) is 5.35. The molecule has 0 saturated carbocycles. The summed E-state index contributed by atoms with van der Waals surface area (Å²) in [4.78, 5) is 29.2. The van der Waals surface area contributed by atoms with Gasteiger partial charge in [0.15, 0.2) is 0 Å². The van der Waals surface area contributed by atoms with E-state index in [-0.39, 0.29) is 18.0 Å². The summed E-state index contributed by atoms with van der Waals surface area (Å²) in [6.45, 7) is 8.76. The van der Waals surface area contributed by atoms with E-state index in [1.54, 1.807) is 18.1 Å². The van der Waals surface area contributed by atoms with Crippen molar-refractivity contribution >= 4 is 12.0 Å². The highest BCUT2D eigenvalue weighted by Crippen LogP contribution is 2.22. The van der Waals surface area contributed by atoms with Gasteiger partial charge in [-0.1, -0.05) is 25.1 Å². The van der Waals surface area contributed by atoms with Gasteiger partial charge in [0.25, 0.3) is 5.91 Å². The molecule has 0 bridgehead atoms. The maximum atomic E-state index is 13.3. The van der Waals surface area contributed by atoms with E-state index in [9.17, 15) is 9.59 Å². The summed E-state index contributed by atoms with van der Waals surface area (Å²) in [5.74, 6) is -0.0312. The zero-order chi connectivity index (χ0) is 21.9. The Morgan fingerprint density at radius 1 is 1.23 bits per heavy atom. The van der Waals surface area contributed by atoms with Crippen LogP contribution in [0.3, 0.4) is 0 Å². The molecule has 1 saturated heterocycles. The lowest BCUT2D eigenvalue weighted by molar-refractivity contribution is 0.0131. The molecule has 1 aliphatic rings. The number of ether oxygens (including phenoxy) is 1. The monoisotopic (exact) mass is 412 g/mol. The Kier molecular flexibility index (Phi) is 6.48. The van der Waals surface area contributed by atoms with Gasteiger partial charge in [0.1, 0.15) is 5.60 Å². The second-order valence-electron chi connectivity index (χ2n) is 8.74. The molecule has 30 heavy (non-hydrogen) atoms. The molecular formula is C23H32N4O3. The molecule has 1 fully saturated rings. The second kappa shape index (κ2) is 8.90. The molecule has 7 nitrogen and oxygen atoms in total. The van der Waals surface area contributed by atoms with E-state index in [0.29, 0.717) is 25.1 Å². The van der Waals surface area contributed by atoms with E-state index < -0.39 is 5.60 Å². The van der Waals surface area contributed by atoms with Crippen LogP contribution in [-0.2, 0) is 11.2 Å². The minimum atomic E-state index is -0.544. The summed E-state index contributed by atoms with van der Waals surface area (Å²) < 4.78 is 7.33. The minimum Gasteiger partial charge on any atom is -0.444 e. The molecule has 2 aromatic rings. The van der Waals surface area contributed by atoms with Crippen LogP contribution in [0.25, 0.3) is 5.69 Å². The van der Waals surface area contributed by atoms with E-state index in [4.69, 9.17) is 4.74 Å². The molecule has 0 spiro atoms. The zero-order valence-electron chi connectivity index (χ0n) is 18.6. The van der Waals surface area contributed by atoms with Gasteiger partial charge in [-0.15, -0.1) is 0 Å². The van der Waals surface area contributed by atoms with Crippen LogP contribution in [0.5, 0.6) is 0 Å². The third kappa shape index (κ3) is 4.83. The third-order valence-electron chi connectivity index (χ3n) is 5.35. The Morgan fingerprint density at radius 3 is 2.57 bits per heavy atom. The van der Waals surface area contributed by atoms with Crippen LogP contribution in [0.4, 0.5) is 4.79 Å². The molecule has 0 N–H and O–H groups in total. The lowest BCUT2D eigenvalue weighted by Gasteiger charge is -2.38. The van der Waals surface area contributed by atoms with Gasteiger partial charge < -0.3 is 14.5 Å². The number of piperidine rings is 1. The Hall–Kier alpha value is -2.83. The van der Waals surface area contributed by atoms with Crippen molar-refractivity contribution in [2.24, 2.45) is 0 Å². The number of benzene rings is 1. The van der Waals surface area contributed by atoms with Crippen LogP contribution in [0.15, 0.2) is 36.5 Å². The number of amides is 2. The van der Waals surface area contributed by atoms with E-state index in [0.717, 1.165) is 24.2 Å². The summed E-state index contributed by atoms with van der Waals surface area (Å²) in [7, 11) is 1.75. The molecule has 7 heteroatoms. The second-order valence-corrected chi connectivity index (χ2v) is 8.74. The van der Waals surface area contributed by atoms with Crippen LogP contribution in [-0.4, -0.2) is 63.4 Å². The van der Waals surface area contributed by atoms with Crippen molar-refractivity contribution in [2.45, 2.75) is 58.6 Å². The van der Waals surface area contributed by atoms with Crippen molar-refractivity contribution in [3.63, 3.8) is 0 Å². The number of carbonyl (C=O) groups is 2. The van der Waals surface area contributed by atoms with Gasteiger partial charge in [0.2, 0.25) is 0 Å². The quantitative estimate of drug-likeness (QED) is 0.764. The van der Waals surface area contributed by atoms with Crippen molar-refractivity contribution in [3.8, 4) is 5.69 Å². The molecular weight excluding hydrogens is 380 g/mol. The smallest absolute Gasteiger partial charge is 0.410 e. The fourth-order valence-corrected chi connectivity index (χ4v) is 3.79. The first-order chi connectivity index (χ1) is 14.2. The number of nitrogens with zero attached hydrogens (tertiary/aromatic N) is 4. The maximum Gasteiger partial charge on any atom is 0.410 e. The highest BCUT2D eigenvalue weighted by Gasteiger charge is 2.32. The van der Waals surface area contributed by atoms with Gasteiger partial charge >= 0.3 is 6.09 Å². The molecule has 3 rings (SSSR count). The Bertz CT molecular complexity index is 886. The normalized spacial score (nSPS) is 17.0. The molecule has 2 amide bonds. The van der Waals surface area contributed by atoms with E-state index >= 15 is 0 Å². The molecule has 0 aliphatic carbocycles. The first kappa shape index (κ1) is 21.9. The van der Waals surface area contributed by atoms with Gasteiger partial charge in [-0.2, -0.15) is 5.10 Å². The number of para-hydroxylation sites is 1. The standard InChI is InChI=1S/C23H32N4O3/c1-6-20-19(15-24-27(20)17-11-8-7-9-12-17)21(28)26-14-10-13-18(16-26)25(5)22(29)30-23(2,3)4/h7-9,11-12,15,18H,6,10,13-14,16H2,1-5H3/t18-/m1/s1. The summed E-state index contributed by atoms with van der Waals surface area (Å²) in [6.07, 6.45) is 3.70. The van der Waals surface area contributed by atoms with Gasteiger partial charge in [0, 0.05) is 20.1 Å². The van der Waals surface area contributed by atoms with Gasteiger partial charge in [-0.05, 0) is 52.2 Å². The van der Waals surface area contributed by atoms with Crippen molar-refractivity contribution < 1.29 is 14.3 Å². The van der Waals surface area contributed by atoms with Crippen molar-refractivity contribution in [1.29, 1.82) is 0 Å². The van der Waals surface area contributed by atoms with Gasteiger partial charge in [0.05, 0.1) is 29.2 Å². The first-order valence-corrected chi connectivity index (χ1v) is 10.6. The molecule has 0 radical (unpaired) electrons. The van der Waals surface area contributed by atoms with Crippen molar-refractivity contribution in [3.05, 3.63) is 47.8 Å². The Balaban J connectivity index is 1.76. The average molecular weight is 413 g/mol.